The molecule has 1 heterocycles. The molecule has 1 aliphatic rings. The summed E-state index contributed by atoms with van der Waals surface area (Å²) in [4.78, 5) is 2.37. The molecule has 3 N–H and O–H groups in total. The van der Waals surface area contributed by atoms with Crippen molar-refractivity contribution >= 4 is 0 Å². The summed E-state index contributed by atoms with van der Waals surface area (Å²) in [7, 11) is 0. The highest BCUT2D eigenvalue weighted by Gasteiger charge is 2.22. The van der Waals surface area contributed by atoms with Crippen LogP contribution in [0.5, 0.6) is 0 Å². The second-order valence-corrected chi connectivity index (χ2v) is 9.59. The van der Waals surface area contributed by atoms with E-state index in [1.807, 2.05) is 6.08 Å². The Hall–Kier alpha value is -1.84. The summed E-state index contributed by atoms with van der Waals surface area (Å²) in [6.07, 6.45) is 8.82. The van der Waals surface area contributed by atoms with Crippen LogP contribution in [0.15, 0.2) is 49.6 Å². The lowest BCUT2D eigenvalue weighted by Crippen LogP contribution is -2.46. The molecule has 0 aromatic heterocycles. The zero-order chi connectivity index (χ0) is 22.7. The molecule has 0 bridgehead atoms. The van der Waals surface area contributed by atoms with Crippen LogP contribution in [0.2, 0.25) is 0 Å². The van der Waals surface area contributed by atoms with Crippen LogP contribution in [0.3, 0.4) is 0 Å². The smallest absolute Gasteiger partial charge is 0.0944 e. The van der Waals surface area contributed by atoms with E-state index in [0.717, 1.165) is 49.6 Å². The Bertz CT molecular complexity index is 557. The van der Waals surface area contributed by atoms with Crippen molar-refractivity contribution in [2.75, 3.05) is 13.1 Å². The van der Waals surface area contributed by atoms with Gasteiger partial charge >= 0.3 is 0 Å². The van der Waals surface area contributed by atoms with Gasteiger partial charge in [-0.3, -0.25) is 0 Å². The number of likely N-dealkylation sites (tertiary alicyclic amines) is 1. The van der Waals surface area contributed by atoms with Crippen LogP contribution < -0.4 is 16.0 Å². The summed E-state index contributed by atoms with van der Waals surface area (Å²) in [5, 5.41) is 10.9. The largest absolute Gasteiger partial charge is 0.381 e. The minimum absolute atomic E-state index is 0.131. The summed E-state index contributed by atoms with van der Waals surface area (Å²) < 4.78 is 0. The van der Waals surface area contributed by atoms with Crippen LogP contribution in [-0.2, 0) is 0 Å². The van der Waals surface area contributed by atoms with Crippen LogP contribution in [0, 0.1) is 11.8 Å². The van der Waals surface area contributed by atoms with Crippen molar-refractivity contribution in [2.24, 2.45) is 11.8 Å². The third-order valence-electron chi connectivity index (χ3n) is 5.78. The summed E-state index contributed by atoms with van der Waals surface area (Å²) in [6, 6.07) is 0.514. The predicted molar refractivity (Wildman–Crippen MR) is 133 cm³/mol. The summed E-state index contributed by atoms with van der Waals surface area (Å²) in [6.45, 7) is 30.4. The van der Waals surface area contributed by atoms with Crippen LogP contribution in [0.1, 0.15) is 73.1 Å². The highest BCUT2D eigenvalue weighted by Crippen LogP contribution is 2.17. The maximum atomic E-state index is 4.38. The molecule has 0 amide bonds. The molecular weight excluding hydrogens is 368 g/mol. The number of hydrogen-bond donors (Lipinski definition) is 3. The normalized spacial score (nSPS) is 17.2. The molecule has 30 heavy (non-hydrogen) atoms. The molecule has 0 aromatic rings. The molecule has 4 nitrogen and oxygen atoms in total. The van der Waals surface area contributed by atoms with Gasteiger partial charge in [-0.05, 0) is 50.4 Å². The highest BCUT2D eigenvalue weighted by molar-refractivity contribution is 5.15. The van der Waals surface area contributed by atoms with E-state index < -0.39 is 0 Å². The van der Waals surface area contributed by atoms with Crippen molar-refractivity contribution in [3.8, 4) is 0 Å². The van der Waals surface area contributed by atoms with E-state index in [1.165, 1.54) is 19.3 Å². The predicted octanol–water partition coefficient (Wildman–Crippen LogP) is 5.53. The molecule has 0 aliphatic carbocycles. The van der Waals surface area contributed by atoms with Gasteiger partial charge in [0.15, 0.2) is 0 Å². The van der Waals surface area contributed by atoms with Gasteiger partial charge in [-0.2, -0.15) is 0 Å². The van der Waals surface area contributed by atoms with E-state index >= 15 is 0 Å². The maximum absolute atomic E-state index is 4.38. The Labute approximate surface area is 187 Å². The molecule has 0 radical (unpaired) electrons. The number of nitrogens with zero attached hydrogens (tertiary/aromatic N) is 1. The molecule has 4 heteroatoms. The van der Waals surface area contributed by atoms with Crippen molar-refractivity contribution in [3.63, 3.8) is 0 Å². The van der Waals surface area contributed by atoms with Crippen LogP contribution in [0.4, 0.5) is 0 Å². The van der Waals surface area contributed by atoms with E-state index in [4.69, 9.17) is 0 Å². The van der Waals surface area contributed by atoms with Crippen molar-refractivity contribution < 1.29 is 0 Å². The van der Waals surface area contributed by atoms with Gasteiger partial charge in [0.05, 0.1) is 17.9 Å². The average Bonchev–Trinajstić information content (AvgIpc) is 2.70. The van der Waals surface area contributed by atoms with Gasteiger partial charge in [0.1, 0.15) is 0 Å². The van der Waals surface area contributed by atoms with E-state index in [-0.39, 0.29) is 18.1 Å². The molecule has 3 atom stereocenters. The highest BCUT2D eigenvalue weighted by atomic mass is 15.3. The molecule has 1 fully saturated rings. The summed E-state index contributed by atoms with van der Waals surface area (Å²) in [5.74, 6) is 2.18. The lowest BCUT2D eigenvalue weighted by Gasteiger charge is -2.35. The number of nitrogens with one attached hydrogen (secondary N) is 3. The zero-order valence-corrected chi connectivity index (χ0v) is 20.4. The van der Waals surface area contributed by atoms with Crippen molar-refractivity contribution in [3.05, 3.63) is 49.6 Å². The molecule has 0 saturated carbocycles. The second-order valence-electron chi connectivity index (χ2n) is 9.59. The lowest BCUT2D eigenvalue weighted by atomic mass is 9.98. The minimum atomic E-state index is 0.131. The zero-order valence-electron chi connectivity index (χ0n) is 20.4. The molecular formula is C26H48N4. The molecule has 172 valence electrons. The Morgan fingerprint density at radius 2 is 1.40 bits per heavy atom. The quantitative estimate of drug-likeness (QED) is 0.307. The first-order chi connectivity index (χ1) is 14.2. The molecule has 0 spiro atoms. The fraction of sp³-hybridized carbons (Fsp3) is 0.692. The first-order valence-electron chi connectivity index (χ1n) is 11.9. The topological polar surface area (TPSA) is 39.3 Å². The molecule has 3 unspecified atom stereocenters. The Morgan fingerprint density at radius 1 is 0.833 bits per heavy atom. The lowest BCUT2D eigenvalue weighted by molar-refractivity contribution is 0.262. The van der Waals surface area contributed by atoms with E-state index in [1.54, 1.807) is 0 Å². The van der Waals surface area contributed by atoms with Gasteiger partial charge in [0.2, 0.25) is 0 Å². The first kappa shape index (κ1) is 26.2. The van der Waals surface area contributed by atoms with Crippen molar-refractivity contribution in [1.29, 1.82) is 0 Å². The number of rotatable bonds is 15. The van der Waals surface area contributed by atoms with E-state index in [2.05, 4.69) is 81.8 Å². The fourth-order valence-corrected chi connectivity index (χ4v) is 4.04. The molecule has 0 aromatic carbocycles. The Morgan fingerprint density at radius 3 is 1.90 bits per heavy atom. The van der Waals surface area contributed by atoms with Gasteiger partial charge in [-0.15, -0.1) is 6.58 Å². The van der Waals surface area contributed by atoms with Crippen LogP contribution in [-0.4, -0.2) is 36.1 Å². The second kappa shape index (κ2) is 13.5. The number of hydrogen-bond acceptors (Lipinski definition) is 4. The van der Waals surface area contributed by atoms with Gasteiger partial charge < -0.3 is 20.9 Å². The van der Waals surface area contributed by atoms with Crippen LogP contribution >= 0.6 is 0 Å². The monoisotopic (exact) mass is 416 g/mol. The SMILES string of the molecule is C=CC(CC(C)C)NC(=C)C(CC(C)C)NC(=C)C(CC)NC(=C)N1CCCCC1. The van der Waals surface area contributed by atoms with Crippen LogP contribution in [0.25, 0.3) is 0 Å². The third-order valence-corrected chi connectivity index (χ3v) is 5.78. The number of piperidine rings is 1. The molecule has 1 saturated heterocycles. The van der Waals surface area contributed by atoms with Gasteiger partial charge in [0, 0.05) is 30.5 Å². The van der Waals surface area contributed by atoms with Gasteiger partial charge in [0.25, 0.3) is 0 Å². The maximum Gasteiger partial charge on any atom is 0.0944 e. The fourth-order valence-electron chi connectivity index (χ4n) is 4.04. The van der Waals surface area contributed by atoms with Gasteiger partial charge in [-0.25, -0.2) is 0 Å². The standard InChI is InChI=1S/C26H48N4/c1-10-24(17-19(3)4)27-22(8)26(18-20(5)6)28-21(7)25(11-2)29-23(9)30-15-13-12-14-16-30/h10,19-20,24-29H,1,7-9,11-18H2,2-6H3. The third kappa shape index (κ3) is 9.32. The Kier molecular flexibility index (Phi) is 11.8. The van der Waals surface area contributed by atoms with E-state index in [9.17, 15) is 0 Å². The van der Waals surface area contributed by atoms with Crippen molar-refractivity contribution in [1.82, 2.24) is 20.9 Å². The average molecular weight is 417 g/mol. The summed E-state index contributed by atoms with van der Waals surface area (Å²) in [5.41, 5.74) is 2.02. The first-order valence-corrected chi connectivity index (χ1v) is 11.9. The molecule has 1 rings (SSSR count). The summed E-state index contributed by atoms with van der Waals surface area (Å²) >= 11 is 0. The Balaban J connectivity index is 2.75. The molecule has 1 aliphatic heterocycles. The van der Waals surface area contributed by atoms with Crippen molar-refractivity contribution in [2.45, 2.75) is 91.3 Å². The minimum Gasteiger partial charge on any atom is -0.381 e. The van der Waals surface area contributed by atoms with E-state index in [0.29, 0.717) is 11.8 Å². The van der Waals surface area contributed by atoms with Gasteiger partial charge in [-0.1, -0.05) is 60.4 Å².